The number of fused-ring (bicyclic) bond motifs is 3. The van der Waals surface area contributed by atoms with Crippen LogP contribution < -0.4 is 11.1 Å². The summed E-state index contributed by atoms with van der Waals surface area (Å²) < 4.78 is 2.77. The van der Waals surface area contributed by atoms with Crippen LogP contribution in [-0.2, 0) is 4.79 Å². The van der Waals surface area contributed by atoms with E-state index in [0.717, 1.165) is 0 Å². The number of Topliss-reactive ketones (excluding diaryl/α,β-unsaturated/α-hetero) is 1. The largest absolute Gasteiger partial charge is 0.294 e. The first-order valence-electron chi connectivity index (χ1n) is 9.68. The number of nitrogens with zero attached hydrogens (tertiary/aromatic N) is 2. The second-order valence-electron chi connectivity index (χ2n) is 8.66. The van der Waals surface area contributed by atoms with Crippen molar-refractivity contribution in [3.63, 3.8) is 0 Å². The fourth-order valence-electron chi connectivity index (χ4n) is 4.71. The van der Waals surface area contributed by atoms with E-state index in [9.17, 15) is 14.4 Å². The van der Waals surface area contributed by atoms with Gasteiger partial charge in [0.05, 0.1) is 26.5 Å². The Balaban J connectivity index is 1.96. The van der Waals surface area contributed by atoms with Gasteiger partial charge in [-0.25, -0.2) is 9.36 Å². The van der Waals surface area contributed by atoms with E-state index in [0.29, 0.717) is 45.5 Å². The van der Waals surface area contributed by atoms with Crippen LogP contribution in [0.1, 0.15) is 38.3 Å². The monoisotopic (exact) mass is 440 g/mol. The zero-order valence-electron chi connectivity index (χ0n) is 16.4. The minimum Gasteiger partial charge on any atom is -0.294 e. The van der Waals surface area contributed by atoms with E-state index in [2.05, 4.69) is 0 Å². The number of carbonyl (C=O) groups is 1. The summed E-state index contributed by atoms with van der Waals surface area (Å²) in [7, 11) is 0. The van der Waals surface area contributed by atoms with Crippen LogP contribution in [0.3, 0.4) is 0 Å². The lowest BCUT2D eigenvalue weighted by Gasteiger charge is -2.30. The molecule has 152 valence electrons. The van der Waals surface area contributed by atoms with Gasteiger partial charge in [-0.1, -0.05) is 61.3 Å². The summed E-state index contributed by atoms with van der Waals surface area (Å²) in [6, 6.07) is 11.1. The van der Waals surface area contributed by atoms with Gasteiger partial charge in [0.15, 0.2) is 5.78 Å². The summed E-state index contributed by atoms with van der Waals surface area (Å²) in [4.78, 5) is 40.3. The second kappa shape index (κ2) is 6.43. The van der Waals surface area contributed by atoms with Crippen molar-refractivity contribution in [3.8, 4) is 0 Å². The first-order valence-corrected chi connectivity index (χ1v) is 10.4. The van der Waals surface area contributed by atoms with Crippen molar-refractivity contribution >= 4 is 45.5 Å². The zero-order chi connectivity index (χ0) is 21.4. The molecule has 1 aliphatic heterocycles. The minimum atomic E-state index is -0.792. The molecule has 5 rings (SSSR count). The Bertz CT molecular complexity index is 1410. The normalized spacial score (nSPS) is 19.9. The molecular weight excluding hydrogens is 423 g/mol. The maximum atomic E-state index is 13.6. The van der Waals surface area contributed by atoms with Crippen molar-refractivity contribution in [2.24, 2.45) is 5.41 Å². The van der Waals surface area contributed by atoms with Crippen molar-refractivity contribution < 1.29 is 4.79 Å². The summed E-state index contributed by atoms with van der Waals surface area (Å²) in [5.74, 6) is -0.0821. The lowest BCUT2D eigenvalue weighted by Crippen LogP contribution is -2.37. The molecule has 0 saturated heterocycles. The van der Waals surface area contributed by atoms with Crippen LogP contribution >= 0.6 is 23.2 Å². The first kappa shape index (κ1) is 19.3. The third-order valence-electron chi connectivity index (χ3n) is 5.95. The van der Waals surface area contributed by atoms with Gasteiger partial charge in [0, 0.05) is 17.6 Å². The van der Waals surface area contributed by atoms with Crippen LogP contribution in [-0.4, -0.2) is 15.1 Å². The fourth-order valence-corrected chi connectivity index (χ4v) is 5.12. The van der Waals surface area contributed by atoms with Crippen LogP contribution in [0.15, 0.2) is 57.6 Å². The molecule has 3 aromatic rings. The Kier molecular flexibility index (Phi) is 4.15. The van der Waals surface area contributed by atoms with Crippen molar-refractivity contribution in [1.82, 2.24) is 9.36 Å². The van der Waals surface area contributed by atoms with E-state index in [4.69, 9.17) is 23.2 Å². The molecule has 1 unspecified atom stereocenters. The molecule has 1 aliphatic carbocycles. The number of benzene rings is 2. The van der Waals surface area contributed by atoms with Crippen LogP contribution in [0.4, 0.5) is 0 Å². The summed E-state index contributed by atoms with van der Waals surface area (Å²) in [6.45, 7) is 3.98. The molecule has 0 amide bonds. The number of allylic oxidation sites excluding steroid dienone is 2. The van der Waals surface area contributed by atoms with Gasteiger partial charge < -0.3 is 0 Å². The highest BCUT2D eigenvalue weighted by Crippen LogP contribution is 2.48. The van der Waals surface area contributed by atoms with Crippen molar-refractivity contribution in [2.75, 3.05) is 0 Å². The number of hydrogen-bond donors (Lipinski definition) is 0. The standard InChI is InChI=1S/C23H18Cl2N2O3/c1-23(2)10-16-18(17(28)11-23)20(14-8-5-9-15(24)19(14)25)27-22(30)13-7-4-3-6-12(13)21(29)26(16)27/h3-9,20H,10-11H2,1-2H3. The third-order valence-corrected chi connectivity index (χ3v) is 6.78. The van der Waals surface area contributed by atoms with Gasteiger partial charge in [-0.2, -0.15) is 0 Å². The molecular formula is C23H18Cl2N2O3. The van der Waals surface area contributed by atoms with Crippen molar-refractivity contribution in [1.29, 1.82) is 0 Å². The Morgan fingerprint density at radius 2 is 1.57 bits per heavy atom. The third kappa shape index (κ3) is 2.58. The summed E-state index contributed by atoms with van der Waals surface area (Å²) in [5.41, 5.74) is 0.579. The van der Waals surface area contributed by atoms with E-state index < -0.39 is 6.04 Å². The quantitative estimate of drug-likeness (QED) is 0.551. The lowest BCUT2D eigenvalue weighted by atomic mass is 9.74. The van der Waals surface area contributed by atoms with E-state index in [1.807, 2.05) is 13.8 Å². The lowest BCUT2D eigenvalue weighted by molar-refractivity contribution is -0.118. The number of rotatable bonds is 1. The Morgan fingerprint density at radius 3 is 2.27 bits per heavy atom. The molecule has 1 atom stereocenters. The maximum Gasteiger partial charge on any atom is 0.277 e. The van der Waals surface area contributed by atoms with Gasteiger partial charge in [0.2, 0.25) is 0 Å². The van der Waals surface area contributed by atoms with Crippen LogP contribution in [0.25, 0.3) is 16.5 Å². The Labute approximate surface area is 182 Å². The van der Waals surface area contributed by atoms with Gasteiger partial charge in [-0.15, -0.1) is 0 Å². The smallest absolute Gasteiger partial charge is 0.277 e. The SMILES string of the molecule is CC1(C)CC(=O)C2=C(C1)n1c(=O)c3ccccc3c(=O)n1C2c1cccc(Cl)c1Cl. The molecule has 1 aromatic heterocycles. The Hall–Kier alpha value is -2.63. The minimum absolute atomic E-state index is 0.0821. The number of ketones is 1. The average Bonchev–Trinajstić information content (AvgIpc) is 3.02. The molecule has 0 fully saturated rings. The zero-order valence-corrected chi connectivity index (χ0v) is 17.9. The molecule has 0 spiro atoms. The number of carbonyl (C=O) groups excluding carboxylic acids is 1. The molecule has 2 aliphatic rings. The van der Waals surface area contributed by atoms with E-state index >= 15 is 0 Å². The second-order valence-corrected chi connectivity index (χ2v) is 9.44. The van der Waals surface area contributed by atoms with Crippen molar-refractivity contribution in [3.05, 3.63) is 84.4 Å². The summed E-state index contributed by atoms with van der Waals surface area (Å²) in [5, 5.41) is 1.25. The van der Waals surface area contributed by atoms with Crippen LogP contribution in [0, 0.1) is 5.41 Å². The van der Waals surface area contributed by atoms with Gasteiger partial charge in [0.25, 0.3) is 11.1 Å². The van der Waals surface area contributed by atoms with E-state index in [1.54, 1.807) is 42.5 Å². The first-order chi connectivity index (χ1) is 14.2. The number of halogens is 2. The van der Waals surface area contributed by atoms with E-state index in [-0.39, 0.29) is 27.3 Å². The molecule has 2 aromatic carbocycles. The molecule has 30 heavy (non-hydrogen) atoms. The van der Waals surface area contributed by atoms with Crippen LogP contribution in [0.5, 0.6) is 0 Å². The summed E-state index contributed by atoms with van der Waals surface area (Å²) >= 11 is 12.8. The average molecular weight is 441 g/mol. The maximum absolute atomic E-state index is 13.6. The van der Waals surface area contributed by atoms with Gasteiger partial charge >= 0.3 is 0 Å². The van der Waals surface area contributed by atoms with Gasteiger partial charge in [0.1, 0.15) is 6.04 Å². The van der Waals surface area contributed by atoms with Gasteiger partial charge in [-0.3, -0.25) is 14.4 Å². The van der Waals surface area contributed by atoms with Crippen LogP contribution in [0.2, 0.25) is 10.0 Å². The van der Waals surface area contributed by atoms with Crippen molar-refractivity contribution in [2.45, 2.75) is 32.7 Å². The number of aromatic nitrogens is 2. The Morgan fingerprint density at radius 1 is 0.900 bits per heavy atom. The molecule has 5 nitrogen and oxygen atoms in total. The highest BCUT2D eigenvalue weighted by atomic mass is 35.5. The topological polar surface area (TPSA) is 61.1 Å². The molecule has 7 heteroatoms. The molecule has 0 N–H and O–H groups in total. The molecule has 0 saturated carbocycles. The molecule has 2 heterocycles. The molecule has 0 radical (unpaired) electrons. The highest BCUT2D eigenvalue weighted by molar-refractivity contribution is 6.42. The molecule has 0 bridgehead atoms. The number of hydrogen-bond acceptors (Lipinski definition) is 3. The predicted molar refractivity (Wildman–Crippen MR) is 118 cm³/mol. The predicted octanol–water partition coefficient (Wildman–Crippen LogP) is 4.67. The van der Waals surface area contributed by atoms with Gasteiger partial charge in [-0.05, 0) is 30.0 Å². The van der Waals surface area contributed by atoms with E-state index in [1.165, 1.54) is 9.36 Å². The summed E-state index contributed by atoms with van der Waals surface area (Å²) in [6.07, 6.45) is 0.831. The fraction of sp³-hybridized carbons (Fsp3) is 0.261. The highest BCUT2D eigenvalue weighted by Gasteiger charge is 2.45.